The fraction of sp³-hybridized carbons (Fsp3) is 0.200. The van der Waals surface area contributed by atoms with Gasteiger partial charge in [0, 0.05) is 37.4 Å². The Hall–Kier alpha value is -3.49. The zero-order valence-corrected chi connectivity index (χ0v) is 18.8. The Morgan fingerprint density at radius 2 is 1.36 bits per heavy atom. The van der Waals surface area contributed by atoms with Crippen LogP contribution in [0.4, 0.5) is 5.69 Å². The largest absolute Gasteiger partial charge is 0.454 e. The zero-order valence-electron chi connectivity index (χ0n) is 18.0. The summed E-state index contributed by atoms with van der Waals surface area (Å²) in [5.74, 6) is -1.07. The number of hydrogen-bond donors (Lipinski definition) is 0. The number of carbonyl (C=O) groups is 2. The van der Waals surface area contributed by atoms with Crippen molar-refractivity contribution in [2.75, 3.05) is 37.7 Å². The summed E-state index contributed by atoms with van der Waals surface area (Å²) in [7, 11) is -3.77. The highest BCUT2D eigenvalue weighted by atomic mass is 32.2. The van der Waals surface area contributed by atoms with Gasteiger partial charge in [-0.15, -0.1) is 0 Å². The Morgan fingerprint density at radius 1 is 0.758 bits per heavy atom. The first-order chi connectivity index (χ1) is 15.9. The van der Waals surface area contributed by atoms with Gasteiger partial charge in [-0.3, -0.25) is 4.79 Å². The third kappa shape index (κ3) is 5.30. The number of anilines is 1. The number of nitrogens with zero attached hydrogens (tertiary/aromatic N) is 2. The Bertz CT molecular complexity index is 1220. The summed E-state index contributed by atoms with van der Waals surface area (Å²) in [4.78, 5) is 26.8. The fourth-order valence-corrected chi connectivity index (χ4v) is 5.15. The minimum atomic E-state index is -3.77. The van der Waals surface area contributed by atoms with Gasteiger partial charge < -0.3 is 9.64 Å². The van der Waals surface area contributed by atoms with Crippen LogP contribution in [0.1, 0.15) is 20.7 Å². The summed E-state index contributed by atoms with van der Waals surface area (Å²) < 4.78 is 32.9. The monoisotopic (exact) mass is 464 g/mol. The van der Waals surface area contributed by atoms with E-state index in [0.717, 1.165) is 5.69 Å². The lowest BCUT2D eigenvalue weighted by molar-refractivity contribution is 0.0474. The SMILES string of the molecule is O=C(COC(=O)c1cccc(S(=O)(=O)N2CCN(c3ccccc3)CC2)c1)c1ccccc1. The highest BCUT2D eigenvalue weighted by molar-refractivity contribution is 7.89. The number of ketones is 1. The third-order valence-corrected chi connectivity index (χ3v) is 7.39. The van der Waals surface area contributed by atoms with Crippen molar-refractivity contribution in [3.8, 4) is 0 Å². The van der Waals surface area contributed by atoms with Crippen LogP contribution in [0.25, 0.3) is 0 Å². The van der Waals surface area contributed by atoms with Gasteiger partial charge in [0.15, 0.2) is 12.4 Å². The van der Waals surface area contributed by atoms with Gasteiger partial charge in [0.25, 0.3) is 0 Å². The Balaban J connectivity index is 1.40. The van der Waals surface area contributed by atoms with Gasteiger partial charge in [0.05, 0.1) is 10.5 Å². The zero-order chi connectivity index (χ0) is 23.3. The molecule has 1 fully saturated rings. The summed E-state index contributed by atoms with van der Waals surface area (Å²) in [6.45, 7) is 1.43. The molecular weight excluding hydrogens is 440 g/mol. The number of hydrogen-bond acceptors (Lipinski definition) is 6. The minimum Gasteiger partial charge on any atom is -0.454 e. The Kier molecular flexibility index (Phi) is 6.86. The average Bonchev–Trinajstić information content (AvgIpc) is 2.88. The van der Waals surface area contributed by atoms with Crippen LogP contribution in [0.5, 0.6) is 0 Å². The van der Waals surface area contributed by atoms with Gasteiger partial charge in [-0.2, -0.15) is 4.31 Å². The molecular formula is C25H24N2O5S. The van der Waals surface area contributed by atoms with E-state index >= 15 is 0 Å². The van der Waals surface area contributed by atoms with Crippen LogP contribution in [0.3, 0.4) is 0 Å². The molecule has 1 aliphatic heterocycles. The van der Waals surface area contributed by atoms with Crippen LogP contribution in [0, 0.1) is 0 Å². The number of piperazine rings is 1. The van der Waals surface area contributed by atoms with Crippen LogP contribution in [-0.4, -0.2) is 57.3 Å². The van der Waals surface area contributed by atoms with E-state index in [1.54, 1.807) is 30.3 Å². The Morgan fingerprint density at radius 3 is 2.03 bits per heavy atom. The number of carbonyl (C=O) groups excluding carboxylic acids is 2. The molecule has 3 aromatic carbocycles. The topological polar surface area (TPSA) is 84.0 Å². The van der Waals surface area contributed by atoms with Crippen LogP contribution < -0.4 is 4.90 Å². The summed E-state index contributed by atoms with van der Waals surface area (Å²) in [5, 5.41) is 0. The summed E-state index contributed by atoms with van der Waals surface area (Å²) >= 11 is 0. The van der Waals surface area contributed by atoms with Gasteiger partial charge in [0.1, 0.15) is 0 Å². The number of ether oxygens (including phenoxy) is 1. The van der Waals surface area contributed by atoms with Gasteiger partial charge in [-0.25, -0.2) is 13.2 Å². The molecule has 7 nitrogen and oxygen atoms in total. The second kappa shape index (κ2) is 9.97. The first-order valence-corrected chi connectivity index (χ1v) is 12.0. The molecule has 1 saturated heterocycles. The minimum absolute atomic E-state index is 0.0273. The van der Waals surface area contributed by atoms with Gasteiger partial charge in [0.2, 0.25) is 10.0 Å². The molecule has 0 atom stereocenters. The maximum atomic E-state index is 13.2. The molecule has 3 aromatic rings. The summed E-state index contributed by atoms with van der Waals surface area (Å²) in [6, 6.07) is 24.1. The number of Topliss-reactive ketones (excluding diaryl/α,β-unsaturated/α-hetero) is 1. The van der Waals surface area contributed by atoms with Crippen molar-refractivity contribution in [1.29, 1.82) is 0 Å². The molecule has 0 bridgehead atoms. The lowest BCUT2D eigenvalue weighted by Crippen LogP contribution is -2.48. The molecule has 33 heavy (non-hydrogen) atoms. The van der Waals surface area contributed by atoms with Crippen molar-refractivity contribution in [3.63, 3.8) is 0 Å². The van der Waals surface area contributed by atoms with E-state index < -0.39 is 22.6 Å². The second-order valence-electron chi connectivity index (χ2n) is 7.62. The van der Waals surface area contributed by atoms with Crippen molar-refractivity contribution in [2.45, 2.75) is 4.90 Å². The van der Waals surface area contributed by atoms with Gasteiger partial charge in [-0.1, -0.05) is 54.6 Å². The smallest absolute Gasteiger partial charge is 0.338 e. The molecule has 0 spiro atoms. The number of para-hydroxylation sites is 1. The van der Waals surface area contributed by atoms with E-state index in [9.17, 15) is 18.0 Å². The molecule has 1 aliphatic rings. The van der Waals surface area contributed by atoms with Crippen molar-refractivity contribution in [2.24, 2.45) is 0 Å². The van der Waals surface area contributed by atoms with Gasteiger partial charge in [-0.05, 0) is 30.3 Å². The van der Waals surface area contributed by atoms with Crippen molar-refractivity contribution >= 4 is 27.5 Å². The standard InChI is InChI=1S/C25H24N2O5S/c28-24(20-8-3-1-4-9-20)19-32-25(29)21-10-7-13-23(18-21)33(30,31)27-16-14-26(15-17-27)22-11-5-2-6-12-22/h1-13,18H,14-17,19H2. The molecule has 4 rings (SSSR count). The number of rotatable bonds is 7. The molecule has 170 valence electrons. The lowest BCUT2D eigenvalue weighted by Gasteiger charge is -2.35. The van der Waals surface area contributed by atoms with Crippen LogP contribution in [-0.2, 0) is 14.8 Å². The van der Waals surface area contributed by atoms with E-state index in [4.69, 9.17) is 4.74 Å². The lowest BCUT2D eigenvalue weighted by atomic mass is 10.1. The van der Waals surface area contributed by atoms with Crippen molar-refractivity contribution < 1.29 is 22.7 Å². The van der Waals surface area contributed by atoms with E-state index in [1.807, 2.05) is 30.3 Å². The quantitative estimate of drug-likeness (QED) is 0.394. The van der Waals surface area contributed by atoms with E-state index in [0.29, 0.717) is 31.7 Å². The van der Waals surface area contributed by atoms with Crippen molar-refractivity contribution in [1.82, 2.24) is 4.31 Å². The van der Waals surface area contributed by atoms with Crippen molar-refractivity contribution in [3.05, 3.63) is 96.1 Å². The summed E-state index contributed by atoms with van der Waals surface area (Å²) in [5.41, 5.74) is 1.58. The van der Waals surface area contributed by atoms with E-state index in [1.165, 1.54) is 28.6 Å². The maximum absolute atomic E-state index is 13.2. The highest BCUT2D eigenvalue weighted by Gasteiger charge is 2.29. The number of benzene rings is 3. The first kappa shape index (κ1) is 22.7. The molecule has 0 radical (unpaired) electrons. The highest BCUT2D eigenvalue weighted by Crippen LogP contribution is 2.22. The molecule has 0 amide bonds. The molecule has 8 heteroatoms. The molecule has 0 aliphatic carbocycles. The molecule has 1 heterocycles. The first-order valence-electron chi connectivity index (χ1n) is 10.6. The normalized spacial score (nSPS) is 14.6. The second-order valence-corrected chi connectivity index (χ2v) is 9.56. The van der Waals surface area contributed by atoms with Gasteiger partial charge >= 0.3 is 5.97 Å². The third-order valence-electron chi connectivity index (χ3n) is 5.50. The van der Waals surface area contributed by atoms with Crippen LogP contribution in [0.2, 0.25) is 0 Å². The van der Waals surface area contributed by atoms with E-state index in [2.05, 4.69) is 4.90 Å². The average molecular weight is 465 g/mol. The molecule has 0 saturated carbocycles. The van der Waals surface area contributed by atoms with Crippen LogP contribution >= 0.6 is 0 Å². The van der Waals surface area contributed by atoms with Crippen LogP contribution in [0.15, 0.2) is 89.8 Å². The fourth-order valence-electron chi connectivity index (χ4n) is 3.68. The predicted octanol–water partition coefficient (Wildman–Crippen LogP) is 3.24. The predicted molar refractivity (Wildman–Crippen MR) is 125 cm³/mol. The van der Waals surface area contributed by atoms with E-state index in [-0.39, 0.29) is 16.2 Å². The number of esters is 1. The molecule has 0 aromatic heterocycles. The molecule has 0 unspecified atom stereocenters. The Labute approximate surface area is 193 Å². The summed E-state index contributed by atoms with van der Waals surface area (Å²) in [6.07, 6.45) is 0. The molecule has 0 N–H and O–H groups in total. The number of sulfonamides is 1. The maximum Gasteiger partial charge on any atom is 0.338 e.